The second-order valence-corrected chi connectivity index (χ2v) is 6.79. The third kappa shape index (κ3) is 20.3. The van der Waals surface area contributed by atoms with E-state index in [9.17, 15) is 4.79 Å². The number of allylic oxidation sites excluding steroid dienone is 8. The number of nitrogens with one attached hydrogen (secondary N) is 2. The highest BCUT2D eigenvalue weighted by Gasteiger charge is 1.99. The van der Waals surface area contributed by atoms with E-state index in [1.807, 2.05) is 13.8 Å². The van der Waals surface area contributed by atoms with Gasteiger partial charge in [-0.3, -0.25) is 0 Å². The van der Waals surface area contributed by atoms with Gasteiger partial charge in [0.1, 0.15) is 0 Å². The molecule has 0 unspecified atom stereocenters. The Balaban J connectivity index is 3.45. The van der Waals surface area contributed by atoms with Crippen LogP contribution >= 0.6 is 0 Å². The highest BCUT2D eigenvalue weighted by atomic mass is 16.2. The monoisotopic (exact) mass is 360 g/mol. The predicted molar refractivity (Wildman–Crippen MR) is 115 cm³/mol. The number of carbonyl (C=O) groups excluding carboxylic acids is 1. The molecule has 0 atom stereocenters. The molecule has 3 heteroatoms. The molecule has 2 amide bonds. The van der Waals surface area contributed by atoms with Crippen LogP contribution in [0.2, 0.25) is 0 Å². The fourth-order valence-electron chi connectivity index (χ4n) is 2.30. The maximum atomic E-state index is 11.4. The van der Waals surface area contributed by atoms with Crippen LogP contribution in [-0.2, 0) is 0 Å². The molecule has 26 heavy (non-hydrogen) atoms. The summed E-state index contributed by atoms with van der Waals surface area (Å²) in [6, 6.07) is 0.107. The maximum absolute atomic E-state index is 11.4. The molecule has 148 valence electrons. The van der Waals surface area contributed by atoms with Crippen molar-refractivity contribution in [3.8, 4) is 0 Å². The molecule has 0 rings (SSSR count). The topological polar surface area (TPSA) is 41.1 Å². The van der Waals surface area contributed by atoms with Crippen LogP contribution in [0.25, 0.3) is 0 Å². The van der Waals surface area contributed by atoms with Crippen LogP contribution in [0, 0.1) is 0 Å². The van der Waals surface area contributed by atoms with Crippen LogP contribution < -0.4 is 10.6 Å². The first-order valence-electron chi connectivity index (χ1n) is 10.3. The molecule has 0 saturated carbocycles. The molecule has 0 fully saturated rings. The standard InChI is InChI=1S/C23H40N2O/c1-4-5-6-7-8-9-10-11-12-13-14-15-16-17-18-19-20-21-24-23(26)25-22(2)3/h8-9,11-12,14-15,17-18,22H,4-7,10,13,16,19-21H2,1-3H3,(H2,24,25,26)/b9-8-,12-11-,15-14-,18-17-. The van der Waals surface area contributed by atoms with Crippen LogP contribution in [0.3, 0.4) is 0 Å². The van der Waals surface area contributed by atoms with Gasteiger partial charge in [0.2, 0.25) is 0 Å². The summed E-state index contributed by atoms with van der Waals surface area (Å²) in [6.45, 7) is 6.87. The van der Waals surface area contributed by atoms with E-state index >= 15 is 0 Å². The predicted octanol–water partition coefficient (Wildman–Crippen LogP) is 6.45. The van der Waals surface area contributed by atoms with E-state index in [1.54, 1.807) is 0 Å². The van der Waals surface area contributed by atoms with Crippen LogP contribution in [0.15, 0.2) is 48.6 Å². The fourth-order valence-corrected chi connectivity index (χ4v) is 2.30. The van der Waals surface area contributed by atoms with Gasteiger partial charge in [-0.25, -0.2) is 4.79 Å². The molecule has 0 aliphatic carbocycles. The molecule has 0 spiro atoms. The Morgan fingerprint density at radius 2 is 1.27 bits per heavy atom. The molecule has 0 aromatic carbocycles. The van der Waals surface area contributed by atoms with Gasteiger partial charge in [0.25, 0.3) is 0 Å². The zero-order valence-corrected chi connectivity index (χ0v) is 17.2. The zero-order valence-electron chi connectivity index (χ0n) is 17.2. The first-order chi connectivity index (χ1) is 12.7. The van der Waals surface area contributed by atoms with Crippen LogP contribution in [0.1, 0.15) is 78.6 Å². The van der Waals surface area contributed by atoms with Crippen molar-refractivity contribution >= 4 is 6.03 Å². The van der Waals surface area contributed by atoms with Crippen molar-refractivity contribution in [2.45, 2.75) is 84.6 Å². The molecule has 0 aliphatic rings. The van der Waals surface area contributed by atoms with Gasteiger partial charge in [-0.2, -0.15) is 0 Å². The van der Waals surface area contributed by atoms with E-state index in [0.29, 0.717) is 0 Å². The summed E-state index contributed by atoms with van der Waals surface area (Å²) in [7, 11) is 0. The number of hydrogen-bond donors (Lipinski definition) is 2. The van der Waals surface area contributed by atoms with Crippen molar-refractivity contribution < 1.29 is 4.79 Å². The van der Waals surface area contributed by atoms with Gasteiger partial charge in [0.15, 0.2) is 0 Å². The third-order valence-corrected chi connectivity index (χ3v) is 3.71. The van der Waals surface area contributed by atoms with Crippen molar-refractivity contribution in [1.82, 2.24) is 10.6 Å². The number of urea groups is 1. The Hall–Kier alpha value is -1.77. The van der Waals surface area contributed by atoms with Gasteiger partial charge in [0.05, 0.1) is 0 Å². The van der Waals surface area contributed by atoms with E-state index in [2.05, 4.69) is 66.2 Å². The Bertz CT molecular complexity index is 433. The smallest absolute Gasteiger partial charge is 0.314 e. The Kier molecular flexibility index (Phi) is 18.2. The summed E-state index contributed by atoms with van der Waals surface area (Å²) in [5, 5.41) is 5.67. The molecule has 0 aliphatic heterocycles. The highest BCUT2D eigenvalue weighted by Crippen LogP contribution is 2.01. The number of carbonyl (C=O) groups is 1. The fraction of sp³-hybridized carbons (Fsp3) is 0.609. The summed E-state index contributed by atoms with van der Waals surface area (Å²) in [5.74, 6) is 0. The first-order valence-corrected chi connectivity index (χ1v) is 10.3. The van der Waals surface area contributed by atoms with Crippen LogP contribution in [-0.4, -0.2) is 18.6 Å². The van der Waals surface area contributed by atoms with E-state index in [1.165, 1.54) is 25.7 Å². The van der Waals surface area contributed by atoms with Crippen molar-refractivity contribution in [2.75, 3.05) is 6.54 Å². The molecule has 0 heterocycles. The molecule has 0 aromatic heterocycles. The summed E-state index contributed by atoms with van der Waals surface area (Å²) < 4.78 is 0. The largest absolute Gasteiger partial charge is 0.338 e. The van der Waals surface area contributed by atoms with Crippen molar-refractivity contribution in [3.63, 3.8) is 0 Å². The van der Waals surface area contributed by atoms with Gasteiger partial charge in [-0.05, 0) is 58.8 Å². The second kappa shape index (κ2) is 19.6. The lowest BCUT2D eigenvalue weighted by Gasteiger charge is -2.09. The van der Waals surface area contributed by atoms with E-state index < -0.39 is 0 Å². The lowest BCUT2D eigenvalue weighted by molar-refractivity contribution is 0.238. The van der Waals surface area contributed by atoms with Crippen LogP contribution in [0.4, 0.5) is 4.79 Å². The zero-order chi connectivity index (χ0) is 19.3. The maximum Gasteiger partial charge on any atom is 0.314 e. The summed E-state index contributed by atoms with van der Waals surface area (Å²) >= 11 is 0. The number of unbranched alkanes of at least 4 members (excludes halogenated alkanes) is 4. The minimum atomic E-state index is -0.0769. The van der Waals surface area contributed by atoms with E-state index in [-0.39, 0.29) is 12.1 Å². The molecule has 3 nitrogen and oxygen atoms in total. The van der Waals surface area contributed by atoms with Crippen LogP contribution in [0.5, 0.6) is 0 Å². The van der Waals surface area contributed by atoms with E-state index in [4.69, 9.17) is 0 Å². The molecule has 0 saturated heterocycles. The molecule has 2 N–H and O–H groups in total. The summed E-state index contributed by atoms with van der Waals surface area (Å²) in [6.07, 6.45) is 28.0. The SMILES string of the molecule is CCCCC/C=C\C/C=C\C/C=C\C/C=C\CCCNC(=O)NC(C)C. The molecule has 0 aromatic rings. The molecule has 0 radical (unpaired) electrons. The van der Waals surface area contributed by atoms with Gasteiger partial charge in [-0.15, -0.1) is 0 Å². The van der Waals surface area contributed by atoms with Gasteiger partial charge in [-0.1, -0.05) is 68.4 Å². The molecular formula is C23H40N2O. The highest BCUT2D eigenvalue weighted by molar-refractivity contribution is 5.73. The Morgan fingerprint density at radius 3 is 1.77 bits per heavy atom. The average molecular weight is 361 g/mol. The number of rotatable bonds is 15. The Morgan fingerprint density at radius 1 is 0.769 bits per heavy atom. The average Bonchev–Trinajstić information content (AvgIpc) is 2.60. The Labute approximate surface area is 161 Å². The van der Waals surface area contributed by atoms with Gasteiger partial charge in [0, 0.05) is 12.6 Å². The first kappa shape index (κ1) is 24.2. The third-order valence-electron chi connectivity index (χ3n) is 3.71. The normalized spacial score (nSPS) is 12.3. The minimum Gasteiger partial charge on any atom is -0.338 e. The second-order valence-electron chi connectivity index (χ2n) is 6.79. The number of hydrogen-bond acceptors (Lipinski definition) is 1. The summed E-state index contributed by atoms with van der Waals surface area (Å²) in [5.41, 5.74) is 0. The van der Waals surface area contributed by atoms with Gasteiger partial charge < -0.3 is 10.6 Å². The lowest BCUT2D eigenvalue weighted by Crippen LogP contribution is -2.39. The van der Waals surface area contributed by atoms with Crippen molar-refractivity contribution in [3.05, 3.63) is 48.6 Å². The molecular weight excluding hydrogens is 320 g/mol. The van der Waals surface area contributed by atoms with E-state index in [0.717, 1.165) is 38.6 Å². The summed E-state index contributed by atoms with van der Waals surface area (Å²) in [4.78, 5) is 11.4. The minimum absolute atomic E-state index is 0.0769. The van der Waals surface area contributed by atoms with Gasteiger partial charge >= 0.3 is 6.03 Å². The van der Waals surface area contributed by atoms with Crippen molar-refractivity contribution in [1.29, 1.82) is 0 Å². The number of amides is 2. The quantitative estimate of drug-likeness (QED) is 0.256. The lowest BCUT2D eigenvalue weighted by atomic mass is 10.2. The molecule has 0 bridgehead atoms. The van der Waals surface area contributed by atoms with Crippen molar-refractivity contribution in [2.24, 2.45) is 0 Å².